The van der Waals surface area contributed by atoms with Gasteiger partial charge in [0.1, 0.15) is 12.1 Å². The molecule has 0 bridgehead atoms. The zero-order chi connectivity index (χ0) is 15.7. The van der Waals surface area contributed by atoms with Gasteiger partial charge < -0.3 is 11.1 Å². The predicted molar refractivity (Wildman–Crippen MR) is 88.5 cm³/mol. The smallest absolute Gasteiger partial charge is 0.164 e. The van der Waals surface area contributed by atoms with Gasteiger partial charge in [-0.05, 0) is 32.9 Å². The summed E-state index contributed by atoms with van der Waals surface area (Å²) >= 11 is 0. The lowest BCUT2D eigenvalue weighted by molar-refractivity contribution is 0.363. The van der Waals surface area contributed by atoms with E-state index in [9.17, 15) is 0 Å². The van der Waals surface area contributed by atoms with Gasteiger partial charge in [-0.1, -0.05) is 18.2 Å². The third-order valence-electron chi connectivity index (χ3n) is 3.44. The molecule has 1 aromatic carbocycles. The molecule has 2 aromatic heterocycles. The zero-order valence-electron chi connectivity index (χ0n) is 13.0. The van der Waals surface area contributed by atoms with Gasteiger partial charge in [0.2, 0.25) is 0 Å². The largest absolute Gasteiger partial charge is 0.383 e. The molecule has 0 saturated heterocycles. The molecule has 0 atom stereocenters. The number of hydrogen-bond acceptors (Lipinski definition) is 5. The Bertz CT molecular complexity index is 785. The van der Waals surface area contributed by atoms with Crippen molar-refractivity contribution in [3.8, 4) is 0 Å². The summed E-state index contributed by atoms with van der Waals surface area (Å²) in [6, 6.07) is 10.0. The predicted octanol–water partition coefficient (Wildman–Crippen LogP) is 2.78. The van der Waals surface area contributed by atoms with Crippen LogP contribution in [-0.4, -0.2) is 19.7 Å². The number of aromatic nitrogens is 4. The molecule has 0 saturated carbocycles. The first-order valence-corrected chi connectivity index (χ1v) is 7.24. The lowest BCUT2D eigenvalue weighted by Gasteiger charge is -2.19. The molecular formula is C16H20N6. The van der Waals surface area contributed by atoms with Crippen LogP contribution >= 0.6 is 0 Å². The minimum atomic E-state index is -0.177. The minimum Gasteiger partial charge on any atom is -0.383 e. The second-order valence-electron chi connectivity index (χ2n) is 6.21. The van der Waals surface area contributed by atoms with E-state index in [2.05, 4.69) is 36.1 Å². The van der Waals surface area contributed by atoms with Crippen molar-refractivity contribution in [1.82, 2.24) is 19.7 Å². The molecule has 6 nitrogen and oxygen atoms in total. The Hall–Kier alpha value is -2.63. The van der Waals surface area contributed by atoms with E-state index in [4.69, 9.17) is 10.8 Å². The standard InChI is InChI=1S/C16H20N6/c1-16(2,3)22-15-13(14(17)19-10-20-15)12(21-22)9-18-11-7-5-4-6-8-11/h4-8,10,18H,9H2,1-3H3,(H2,17,19,20). The number of nitrogens with one attached hydrogen (secondary N) is 1. The van der Waals surface area contributed by atoms with E-state index in [0.29, 0.717) is 12.4 Å². The van der Waals surface area contributed by atoms with Crippen molar-refractivity contribution >= 4 is 22.5 Å². The first kappa shape index (κ1) is 14.3. The van der Waals surface area contributed by atoms with E-state index >= 15 is 0 Å². The lowest BCUT2D eigenvalue weighted by Crippen LogP contribution is -2.23. The van der Waals surface area contributed by atoms with Crippen LogP contribution in [0.2, 0.25) is 0 Å². The molecule has 0 aliphatic carbocycles. The van der Waals surface area contributed by atoms with Crippen molar-refractivity contribution in [2.24, 2.45) is 0 Å². The Kier molecular flexibility index (Phi) is 3.44. The number of rotatable bonds is 3. The Balaban J connectivity index is 2.02. The van der Waals surface area contributed by atoms with Crippen LogP contribution in [-0.2, 0) is 12.1 Å². The summed E-state index contributed by atoms with van der Waals surface area (Å²) in [5, 5.41) is 8.89. The fourth-order valence-electron chi connectivity index (χ4n) is 2.38. The van der Waals surface area contributed by atoms with Gasteiger partial charge in [-0.3, -0.25) is 0 Å². The van der Waals surface area contributed by atoms with Crippen LogP contribution in [0.5, 0.6) is 0 Å². The summed E-state index contributed by atoms with van der Waals surface area (Å²) in [6.07, 6.45) is 1.48. The number of benzene rings is 1. The normalized spacial score (nSPS) is 11.8. The van der Waals surface area contributed by atoms with Gasteiger partial charge >= 0.3 is 0 Å². The molecule has 0 amide bonds. The molecule has 0 fully saturated rings. The summed E-state index contributed by atoms with van der Waals surface area (Å²) < 4.78 is 1.91. The molecule has 2 heterocycles. The molecule has 22 heavy (non-hydrogen) atoms. The highest BCUT2D eigenvalue weighted by molar-refractivity contribution is 5.88. The van der Waals surface area contributed by atoms with E-state index < -0.39 is 0 Å². The van der Waals surface area contributed by atoms with Gasteiger partial charge in [0, 0.05) is 5.69 Å². The summed E-state index contributed by atoms with van der Waals surface area (Å²) in [5.41, 5.74) is 8.53. The number of para-hydroxylation sites is 1. The maximum atomic E-state index is 6.05. The van der Waals surface area contributed by atoms with Crippen LogP contribution in [0.15, 0.2) is 36.7 Å². The SMILES string of the molecule is CC(C)(C)n1nc(CNc2ccccc2)c2c(N)ncnc21. The monoisotopic (exact) mass is 296 g/mol. The van der Waals surface area contributed by atoms with Gasteiger partial charge in [-0.25, -0.2) is 14.6 Å². The van der Waals surface area contributed by atoms with E-state index in [1.54, 1.807) is 0 Å². The van der Waals surface area contributed by atoms with E-state index in [0.717, 1.165) is 22.4 Å². The number of hydrogen-bond donors (Lipinski definition) is 2. The second kappa shape index (κ2) is 5.29. The third-order valence-corrected chi connectivity index (χ3v) is 3.44. The fraction of sp³-hybridized carbons (Fsp3) is 0.312. The number of nitrogens with zero attached hydrogens (tertiary/aromatic N) is 4. The maximum absolute atomic E-state index is 6.05. The molecule has 3 aromatic rings. The first-order chi connectivity index (χ1) is 10.5. The van der Waals surface area contributed by atoms with Gasteiger partial charge in [0.15, 0.2) is 5.65 Å². The van der Waals surface area contributed by atoms with Crippen molar-refractivity contribution in [3.63, 3.8) is 0 Å². The van der Waals surface area contributed by atoms with E-state index in [-0.39, 0.29) is 5.54 Å². The summed E-state index contributed by atoms with van der Waals surface area (Å²) in [5.74, 6) is 0.463. The molecule has 0 unspecified atom stereocenters. The van der Waals surface area contributed by atoms with Crippen molar-refractivity contribution in [1.29, 1.82) is 0 Å². The molecule has 0 spiro atoms. The van der Waals surface area contributed by atoms with E-state index in [1.807, 2.05) is 35.0 Å². The van der Waals surface area contributed by atoms with Gasteiger partial charge in [-0.15, -0.1) is 0 Å². The van der Waals surface area contributed by atoms with Crippen LogP contribution < -0.4 is 11.1 Å². The third kappa shape index (κ3) is 2.59. The Morgan fingerprint density at radius 1 is 1.14 bits per heavy atom. The lowest BCUT2D eigenvalue weighted by atomic mass is 10.1. The number of anilines is 2. The molecule has 114 valence electrons. The van der Waals surface area contributed by atoms with Crippen LogP contribution in [0.3, 0.4) is 0 Å². The minimum absolute atomic E-state index is 0.177. The van der Waals surface area contributed by atoms with Gasteiger partial charge in [0.05, 0.1) is 23.2 Å². The second-order valence-corrected chi connectivity index (χ2v) is 6.21. The highest BCUT2D eigenvalue weighted by Gasteiger charge is 2.22. The van der Waals surface area contributed by atoms with Gasteiger partial charge in [-0.2, -0.15) is 5.10 Å². The van der Waals surface area contributed by atoms with Crippen molar-refractivity contribution < 1.29 is 0 Å². The van der Waals surface area contributed by atoms with E-state index in [1.165, 1.54) is 6.33 Å². The highest BCUT2D eigenvalue weighted by Crippen LogP contribution is 2.26. The van der Waals surface area contributed by atoms with Gasteiger partial charge in [0.25, 0.3) is 0 Å². The summed E-state index contributed by atoms with van der Waals surface area (Å²) in [6.45, 7) is 6.84. The van der Waals surface area contributed by atoms with Crippen LogP contribution in [0, 0.1) is 0 Å². The number of fused-ring (bicyclic) bond motifs is 1. The molecule has 0 radical (unpaired) electrons. The Morgan fingerprint density at radius 3 is 2.55 bits per heavy atom. The highest BCUT2D eigenvalue weighted by atomic mass is 15.3. The topological polar surface area (TPSA) is 81.7 Å². The summed E-state index contributed by atoms with van der Waals surface area (Å²) in [7, 11) is 0. The van der Waals surface area contributed by atoms with Crippen LogP contribution in [0.1, 0.15) is 26.5 Å². The number of nitrogens with two attached hydrogens (primary N) is 1. The maximum Gasteiger partial charge on any atom is 0.164 e. The average molecular weight is 296 g/mol. The molecule has 0 aliphatic rings. The van der Waals surface area contributed by atoms with Crippen molar-refractivity contribution in [2.45, 2.75) is 32.9 Å². The molecule has 6 heteroatoms. The quantitative estimate of drug-likeness (QED) is 0.776. The van der Waals surface area contributed by atoms with Crippen molar-refractivity contribution in [3.05, 3.63) is 42.4 Å². The van der Waals surface area contributed by atoms with Crippen LogP contribution in [0.4, 0.5) is 11.5 Å². The Morgan fingerprint density at radius 2 is 1.86 bits per heavy atom. The number of nitrogen functional groups attached to an aromatic ring is 1. The molecule has 3 rings (SSSR count). The first-order valence-electron chi connectivity index (χ1n) is 7.24. The molecule has 3 N–H and O–H groups in total. The Labute approximate surface area is 129 Å². The molecular weight excluding hydrogens is 276 g/mol. The average Bonchev–Trinajstić information content (AvgIpc) is 2.86. The van der Waals surface area contributed by atoms with Crippen LogP contribution in [0.25, 0.3) is 11.0 Å². The van der Waals surface area contributed by atoms with Crippen molar-refractivity contribution in [2.75, 3.05) is 11.1 Å². The fourth-order valence-corrected chi connectivity index (χ4v) is 2.38. The zero-order valence-corrected chi connectivity index (χ0v) is 13.0. The summed E-state index contributed by atoms with van der Waals surface area (Å²) in [4.78, 5) is 8.47. The molecule has 0 aliphatic heterocycles.